The molecule has 3 amide bonds. The summed E-state index contributed by atoms with van der Waals surface area (Å²) in [7, 11) is 0. The molecule has 1 heterocycles. The summed E-state index contributed by atoms with van der Waals surface area (Å²) in [6.07, 6.45) is 5.02. The van der Waals surface area contributed by atoms with Crippen molar-refractivity contribution >= 4 is 23.7 Å². The van der Waals surface area contributed by atoms with E-state index in [4.69, 9.17) is 4.74 Å². The molecule has 0 bridgehead atoms. The lowest BCUT2D eigenvalue weighted by atomic mass is 9.95. The van der Waals surface area contributed by atoms with E-state index in [0.29, 0.717) is 44.5 Å². The van der Waals surface area contributed by atoms with Crippen molar-refractivity contribution in [3.8, 4) is 0 Å². The maximum Gasteiger partial charge on any atom is 0.315 e. The lowest BCUT2D eigenvalue weighted by Crippen LogP contribution is -2.49. The van der Waals surface area contributed by atoms with Crippen LogP contribution in [0.5, 0.6) is 0 Å². The van der Waals surface area contributed by atoms with Gasteiger partial charge in [-0.3, -0.25) is 4.79 Å². The smallest absolute Gasteiger partial charge is 0.315 e. The van der Waals surface area contributed by atoms with Crippen LogP contribution in [-0.2, 0) is 9.53 Å². The van der Waals surface area contributed by atoms with E-state index in [9.17, 15) is 9.59 Å². The van der Waals surface area contributed by atoms with Gasteiger partial charge in [0.1, 0.15) is 0 Å². The van der Waals surface area contributed by atoms with Crippen molar-refractivity contribution in [1.82, 2.24) is 15.5 Å². The number of hydrogen-bond donors (Lipinski definition) is 2. The number of urea groups is 1. The van der Waals surface area contributed by atoms with Crippen molar-refractivity contribution in [2.75, 3.05) is 38.6 Å². The summed E-state index contributed by atoms with van der Waals surface area (Å²) < 4.78 is 5.23. The van der Waals surface area contributed by atoms with E-state index in [2.05, 4.69) is 17.6 Å². The highest BCUT2D eigenvalue weighted by Gasteiger charge is 2.26. The average Bonchev–Trinajstić information content (AvgIpc) is 2.57. The molecule has 0 aromatic carbocycles. The summed E-state index contributed by atoms with van der Waals surface area (Å²) in [4.78, 5) is 25.8. The lowest BCUT2D eigenvalue weighted by molar-refractivity contribution is -0.135. The first-order chi connectivity index (χ1) is 11.2. The van der Waals surface area contributed by atoms with Crippen molar-refractivity contribution in [3.63, 3.8) is 0 Å². The molecule has 0 radical (unpaired) electrons. The van der Waals surface area contributed by atoms with E-state index in [1.165, 1.54) is 19.3 Å². The molecule has 7 heteroatoms. The molecule has 1 saturated heterocycles. The molecule has 1 aliphatic carbocycles. The molecule has 2 aliphatic rings. The topological polar surface area (TPSA) is 70.7 Å². The first-order valence-electron chi connectivity index (χ1n) is 8.72. The van der Waals surface area contributed by atoms with E-state index < -0.39 is 0 Å². The summed E-state index contributed by atoms with van der Waals surface area (Å²) >= 11 is 1.93. The normalized spacial score (nSPS) is 25.0. The highest BCUT2D eigenvalue weighted by atomic mass is 32.2. The van der Waals surface area contributed by atoms with Crippen molar-refractivity contribution in [1.29, 1.82) is 0 Å². The van der Waals surface area contributed by atoms with Gasteiger partial charge in [0.15, 0.2) is 0 Å². The Morgan fingerprint density at radius 3 is 2.70 bits per heavy atom. The molecule has 1 aliphatic heterocycles. The van der Waals surface area contributed by atoms with Crippen LogP contribution in [0.1, 0.15) is 39.0 Å². The van der Waals surface area contributed by atoms with Crippen LogP contribution in [-0.4, -0.2) is 66.7 Å². The number of amides is 3. The SMILES string of the molecule is CCS[C@H]1CCCC[C@@H]1NC(=O)NCCC(=O)N1CCOCC1. The minimum atomic E-state index is -0.145. The molecular formula is C16H29N3O3S. The Morgan fingerprint density at radius 2 is 1.96 bits per heavy atom. The molecule has 0 unspecified atom stereocenters. The molecule has 2 rings (SSSR count). The summed E-state index contributed by atoms with van der Waals surface area (Å²) in [5.41, 5.74) is 0. The van der Waals surface area contributed by atoms with Gasteiger partial charge in [0, 0.05) is 37.3 Å². The second-order valence-electron chi connectivity index (χ2n) is 6.03. The molecule has 2 fully saturated rings. The van der Waals surface area contributed by atoms with Gasteiger partial charge < -0.3 is 20.3 Å². The van der Waals surface area contributed by atoms with Gasteiger partial charge in [-0.25, -0.2) is 4.79 Å². The van der Waals surface area contributed by atoms with Gasteiger partial charge in [0.2, 0.25) is 5.91 Å². The fraction of sp³-hybridized carbons (Fsp3) is 0.875. The van der Waals surface area contributed by atoms with E-state index in [0.717, 1.165) is 12.2 Å². The lowest BCUT2D eigenvalue weighted by Gasteiger charge is -2.31. The summed E-state index contributed by atoms with van der Waals surface area (Å²) in [6, 6.07) is 0.108. The molecular weight excluding hydrogens is 314 g/mol. The number of thioether (sulfide) groups is 1. The zero-order valence-corrected chi connectivity index (χ0v) is 14.8. The maximum absolute atomic E-state index is 12.0. The van der Waals surface area contributed by atoms with Gasteiger partial charge in [-0.05, 0) is 18.6 Å². The van der Waals surface area contributed by atoms with E-state index in [1.807, 2.05) is 11.8 Å². The Kier molecular flexibility index (Phi) is 8.02. The molecule has 6 nitrogen and oxygen atoms in total. The van der Waals surface area contributed by atoms with Crippen molar-refractivity contribution in [2.45, 2.75) is 50.3 Å². The third kappa shape index (κ3) is 6.22. The van der Waals surface area contributed by atoms with Crippen molar-refractivity contribution < 1.29 is 14.3 Å². The third-order valence-corrected chi connectivity index (χ3v) is 5.71. The Bertz CT molecular complexity index is 387. The Labute approximate surface area is 143 Å². The molecule has 132 valence electrons. The van der Waals surface area contributed by atoms with E-state index in [1.54, 1.807) is 4.90 Å². The first-order valence-corrected chi connectivity index (χ1v) is 9.77. The quantitative estimate of drug-likeness (QED) is 0.768. The minimum absolute atomic E-state index is 0.0886. The molecule has 2 N–H and O–H groups in total. The van der Waals surface area contributed by atoms with Crippen LogP contribution in [0.4, 0.5) is 4.79 Å². The van der Waals surface area contributed by atoms with Crippen LogP contribution >= 0.6 is 11.8 Å². The molecule has 2 atom stereocenters. The van der Waals surface area contributed by atoms with Crippen molar-refractivity contribution in [2.24, 2.45) is 0 Å². The van der Waals surface area contributed by atoms with Crippen LogP contribution in [0.3, 0.4) is 0 Å². The van der Waals surface area contributed by atoms with Gasteiger partial charge >= 0.3 is 6.03 Å². The van der Waals surface area contributed by atoms with Crippen LogP contribution < -0.4 is 10.6 Å². The van der Waals surface area contributed by atoms with Gasteiger partial charge in [-0.2, -0.15) is 11.8 Å². The summed E-state index contributed by atoms with van der Waals surface area (Å²) in [6.45, 7) is 5.08. The molecule has 0 aromatic rings. The summed E-state index contributed by atoms with van der Waals surface area (Å²) in [5, 5.41) is 6.44. The Balaban J connectivity index is 1.64. The van der Waals surface area contributed by atoms with Crippen LogP contribution in [0.15, 0.2) is 0 Å². The van der Waals surface area contributed by atoms with Gasteiger partial charge in [0.25, 0.3) is 0 Å². The number of ether oxygens (including phenoxy) is 1. The highest BCUT2D eigenvalue weighted by molar-refractivity contribution is 7.99. The Morgan fingerprint density at radius 1 is 1.22 bits per heavy atom. The summed E-state index contributed by atoms with van der Waals surface area (Å²) in [5.74, 6) is 1.17. The molecule has 0 spiro atoms. The molecule has 23 heavy (non-hydrogen) atoms. The van der Waals surface area contributed by atoms with Gasteiger partial charge in [-0.15, -0.1) is 0 Å². The van der Waals surface area contributed by atoms with Gasteiger partial charge in [0.05, 0.1) is 13.2 Å². The van der Waals surface area contributed by atoms with E-state index >= 15 is 0 Å². The van der Waals surface area contributed by atoms with E-state index in [-0.39, 0.29) is 18.0 Å². The average molecular weight is 343 g/mol. The zero-order chi connectivity index (χ0) is 16.5. The molecule has 1 saturated carbocycles. The molecule has 0 aromatic heterocycles. The standard InChI is InChI=1S/C16H29N3O3S/c1-2-23-14-6-4-3-5-13(14)18-16(21)17-8-7-15(20)19-9-11-22-12-10-19/h13-14H,2-12H2,1H3,(H2,17,18,21)/t13-,14-/m0/s1. The largest absolute Gasteiger partial charge is 0.378 e. The third-order valence-electron chi connectivity index (χ3n) is 4.39. The number of carbonyl (C=O) groups excluding carboxylic acids is 2. The monoisotopic (exact) mass is 343 g/mol. The van der Waals surface area contributed by atoms with Gasteiger partial charge in [-0.1, -0.05) is 19.8 Å². The second kappa shape index (κ2) is 10.0. The van der Waals surface area contributed by atoms with Crippen LogP contribution in [0.25, 0.3) is 0 Å². The number of morpholine rings is 1. The van der Waals surface area contributed by atoms with Crippen LogP contribution in [0, 0.1) is 0 Å². The number of nitrogens with zero attached hydrogens (tertiary/aromatic N) is 1. The predicted molar refractivity (Wildman–Crippen MR) is 92.7 cm³/mol. The zero-order valence-electron chi connectivity index (χ0n) is 14.0. The second-order valence-corrected chi connectivity index (χ2v) is 7.54. The maximum atomic E-state index is 12.0. The van der Waals surface area contributed by atoms with Crippen molar-refractivity contribution in [3.05, 3.63) is 0 Å². The highest BCUT2D eigenvalue weighted by Crippen LogP contribution is 2.28. The fourth-order valence-electron chi connectivity index (χ4n) is 3.15. The number of carbonyl (C=O) groups is 2. The predicted octanol–water partition coefficient (Wildman–Crippen LogP) is 1.60. The Hall–Kier alpha value is -0.950. The van der Waals surface area contributed by atoms with Crippen LogP contribution in [0.2, 0.25) is 0 Å². The number of rotatable bonds is 6. The first kappa shape index (κ1) is 18.4. The minimum Gasteiger partial charge on any atom is -0.378 e. The fourth-order valence-corrected chi connectivity index (χ4v) is 4.35. The number of hydrogen-bond acceptors (Lipinski definition) is 4. The number of nitrogens with one attached hydrogen (secondary N) is 2.